The molecule has 0 saturated carbocycles. The van der Waals surface area contributed by atoms with Crippen molar-refractivity contribution in [3.05, 3.63) is 71.3 Å². The first-order valence-electron chi connectivity index (χ1n) is 10.5. The van der Waals surface area contributed by atoms with Crippen LogP contribution < -0.4 is 5.32 Å². The Morgan fingerprint density at radius 1 is 1.07 bits per heavy atom. The smallest absolute Gasteiger partial charge is 0.223 e. The molecule has 2 unspecified atom stereocenters. The van der Waals surface area contributed by atoms with Crippen LogP contribution in [0.25, 0.3) is 0 Å². The van der Waals surface area contributed by atoms with Gasteiger partial charge in [0.15, 0.2) is 0 Å². The summed E-state index contributed by atoms with van der Waals surface area (Å²) >= 11 is 0. The fourth-order valence-corrected chi connectivity index (χ4v) is 4.44. The van der Waals surface area contributed by atoms with Crippen LogP contribution in [0.2, 0.25) is 0 Å². The van der Waals surface area contributed by atoms with E-state index in [9.17, 15) is 4.79 Å². The highest BCUT2D eigenvalue weighted by Crippen LogP contribution is 2.29. The molecule has 4 nitrogen and oxygen atoms in total. The number of fused-ring (bicyclic) bond motifs is 1. The van der Waals surface area contributed by atoms with E-state index in [1.165, 1.54) is 29.5 Å². The number of nitrogens with one attached hydrogen (secondary N) is 1. The summed E-state index contributed by atoms with van der Waals surface area (Å²) in [5.41, 5.74) is 3.83. The lowest BCUT2D eigenvalue weighted by molar-refractivity contribution is -0.124. The second-order valence-electron chi connectivity index (χ2n) is 7.92. The van der Waals surface area contributed by atoms with E-state index in [0.29, 0.717) is 19.1 Å². The summed E-state index contributed by atoms with van der Waals surface area (Å²) < 4.78 is 5.90. The van der Waals surface area contributed by atoms with Crippen molar-refractivity contribution in [1.29, 1.82) is 0 Å². The number of likely N-dealkylation sites (tertiary alicyclic amines) is 1. The molecule has 148 valence electrons. The standard InChI is InChI=1S/C24H30N2O2/c27-24(16-23-22-12-5-4-10-20(22)13-15-28-23)25-17-21-11-6-7-14-26(21)18-19-8-2-1-3-9-19/h1-5,8-10,12,21,23H,6-7,11,13-18H2,(H,25,27). The minimum Gasteiger partial charge on any atom is -0.373 e. The van der Waals surface area contributed by atoms with E-state index in [-0.39, 0.29) is 12.0 Å². The first-order chi connectivity index (χ1) is 13.8. The maximum atomic E-state index is 12.6. The van der Waals surface area contributed by atoms with E-state index in [4.69, 9.17) is 4.74 Å². The Bertz CT molecular complexity index is 777. The number of hydrogen-bond donors (Lipinski definition) is 1. The zero-order chi connectivity index (χ0) is 19.2. The predicted molar refractivity (Wildman–Crippen MR) is 111 cm³/mol. The van der Waals surface area contributed by atoms with Crippen molar-refractivity contribution >= 4 is 5.91 Å². The topological polar surface area (TPSA) is 41.6 Å². The number of piperidine rings is 1. The van der Waals surface area contributed by atoms with E-state index in [1.54, 1.807) is 0 Å². The zero-order valence-corrected chi connectivity index (χ0v) is 16.5. The molecule has 1 N–H and O–H groups in total. The second kappa shape index (κ2) is 9.35. The lowest BCUT2D eigenvalue weighted by atomic mass is 9.95. The van der Waals surface area contributed by atoms with Crippen LogP contribution in [-0.4, -0.2) is 36.5 Å². The minimum absolute atomic E-state index is 0.0898. The van der Waals surface area contributed by atoms with Gasteiger partial charge in [-0.25, -0.2) is 0 Å². The first kappa shape index (κ1) is 19.2. The molecule has 4 rings (SSSR count). The molecule has 2 heterocycles. The second-order valence-corrected chi connectivity index (χ2v) is 7.92. The lowest BCUT2D eigenvalue weighted by Gasteiger charge is -2.36. The highest BCUT2D eigenvalue weighted by atomic mass is 16.5. The van der Waals surface area contributed by atoms with E-state index in [2.05, 4.69) is 58.7 Å². The highest BCUT2D eigenvalue weighted by molar-refractivity contribution is 5.76. The summed E-state index contributed by atoms with van der Waals surface area (Å²) in [4.78, 5) is 15.1. The third-order valence-corrected chi connectivity index (χ3v) is 5.98. The lowest BCUT2D eigenvalue weighted by Crippen LogP contribution is -2.46. The Balaban J connectivity index is 1.31. The maximum Gasteiger partial charge on any atom is 0.223 e. The van der Waals surface area contributed by atoms with Gasteiger partial charge in [0.05, 0.1) is 19.1 Å². The Hall–Kier alpha value is -2.17. The average molecular weight is 379 g/mol. The number of amides is 1. The predicted octanol–water partition coefficient (Wildman–Crippen LogP) is 3.86. The van der Waals surface area contributed by atoms with Gasteiger partial charge in [0.25, 0.3) is 0 Å². The van der Waals surface area contributed by atoms with Crippen LogP contribution in [0.1, 0.15) is 48.5 Å². The molecular weight excluding hydrogens is 348 g/mol. The largest absolute Gasteiger partial charge is 0.373 e. The van der Waals surface area contributed by atoms with E-state index in [1.807, 2.05) is 6.07 Å². The van der Waals surface area contributed by atoms with Gasteiger partial charge in [-0.3, -0.25) is 9.69 Å². The number of ether oxygens (including phenoxy) is 1. The summed E-state index contributed by atoms with van der Waals surface area (Å²) in [6.45, 7) is 3.48. The monoisotopic (exact) mass is 378 g/mol. The molecule has 0 aliphatic carbocycles. The van der Waals surface area contributed by atoms with Gasteiger partial charge in [-0.15, -0.1) is 0 Å². The maximum absolute atomic E-state index is 12.6. The molecule has 0 aromatic heterocycles. The zero-order valence-electron chi connectivity index (χ0n) is 16.5. The normalized spacial score (nSPS) is 22.4. The van der Waals surface area contributed by atoms with Crippen molar-refractivity contribution in [3.8, 4) is 0 Å². The van der Waals surface area contributed by atoms with Gasteiger partial charge in [0, 0.05) is 19.1 Å². The Morgan fingerprint density at radius 3 is 2.79 bits per heavy atom. The number of nitrogens with zero attached hydrogens (tertiary/aromatic N) is 1. The molecule has 1 saturated heterocycles. The van der Waals surface area contributed by atoms with E-state index in [0.717, 1.165) is 32.5 Å². The summed E-state index contributed by atoms with van der Waals surface area (Å²) in [6, 6.07) is 19.4. The van der Waals surface area contributed by atoms with E-state index < -0.39 is 0 Å². The molecule has 0 spiro atoms. The molecule has 28 heavy (non-hydrogen) atoms. The molecule has 0 bridgehead atoms. The van der Waals surface area contributed by atoms with Gasteiger partial charge in [-0.1, -0.05) is 61.0 Å². The van der Waals surface area contributed by atoms with Gasteiger partial charge in [0.1, 0.15) is 0 Å². The summed E-state index contributed by atoms with van der Waals surface area (Å²) in [6.07, 6.45) is 4.86. The van der Waals surface area contributed by atoms with Gasteiger partial charge in [-0.05, 0) is 42.5 Å². The molecule has 2 aromatic rings. The van der Waals surface area contributed by atoms with Crippen LogP contribution in [-0.2, 0) is 22.5 Å². The number of carbonyl (C=O) groups excluding carboxylic acids is 1. The van der Waals surface area contributed by atoms with Crippen molar-refractivity contribution in [2.45, 2.75) is 50.8 Å². The van der Waals surface area contributed by atoms with Crippen LogP contribution in [0, 0.1) is 0 Å². The van der Waals surface area contributed by atoms with Crippen molar-refractivity contribution in [3.63, 3.8) is 0 Å². The summed E-state index contributed by atoms with van der Waals surface area (Å²) in [7, 11) is 0. The number of carbonyl (C=O) groups is 1. The molecule has 1 amide bonds. The molecule has 0 radical (unpaired) electrons. The van der Waals surface area contributed by atoms with Gasteiger partial charge < -0.3 is 10.1 Å². The molecule has 2 aliphatic rings. The highest BCUT2D eigenvalue weighted by Gasteiger charge is 2.25. The minimum atomic E-state index is -0.114. The number of hydrogen-bond acceptors (Lipinski definition) is 3. The summed E-state index contributed by atoms with van der Waals surface area (Å²) in [5.74, 6) is 0.0898. The fraction of sp³-hybridized carbons (Fsp3) is 0.458. The number of benzene rings is 2. The van der Waals surface area contributed by atoms with Crippen molar-refractivity contribution in [2.24, 2.45) is 0 Å². The van der Waals surface area contributed by atoms with Crippen LogP contribution in [0.3, 0.4) is 0 Å². The quantitative estimate of drug-likeness (QED) is 0.830. The third-order valence-electron chi connectivity index (χ3n) is 5.98. The fourth-order valence-electron chi connectivity index (χ4n) is 4.44. The van der Waals surface area contributed by atoms with Gasteiger partial charge in [-0.2, -0.15) is 0 Å². The van der Waals surface area contributed by atoms with Gasteiger partial charge >= 0.3 is 0 Å². The Labute approximate surface area is 167 Å². The van der Waals surface area contributed by atoms with Crippen LogP contribution in [0.4, 0.5) is 0 Å². The SMILES string of the molecule is O=C(CC1OCCc2ccccc21)NCC1CCCCN1Cc1ccccc1. The molecule has 2 aliphatic heterocycles. The molecule has 2 aromatic carbocycles. The Kier molecular flexibility index (Phi) is 6.40. The average Bonchev–Trinajstić information content (AvgIpc) is 2.74. The van der Waals surface area contributed by atoms with Crippen molar-refractivity contribution < 1.29 is 9.53 Å². The van der Waals surface area contributed by atoms with Crippen LogP contribution >= 0.6 is 0 Å². The molecular formula is C24H30N2O2. The van der Waals surface area contributed by atoms with Gasteiger partial charge in [0.2, 0.25) is 5.91 Å². The van der Waals surface area contributed by atoms with E-state index >= 15 is 0 Å². The van der Waals surface area contributed by atoms with Crippen LogP contribution in [0.15, 0.2) is 54.6 Å². The molecule has 1 fully saturated rings. The molecule has 2 atom stereocenters. The first-order valence-corrected chi connectivity index (χ1v) is 10.5. The molecule has 4 heteroatoms. The number of rotatable bonds is 6. The Morgan fingerprint density at radius 2 is 1.89 bits per heavy atom. The van der Waals surface area contributed by atoms with Crippen LogP contribution in [0.5, 0.6) is 0 Å². The summed E-state index contributed by atoms with van der Waals surface area (Å²) in [5, 5.41) is 3.19. The third kappa shape index (κ3) is 4.81. The van der Waals surface area contributed by atoms with Crippen molar-refractivity contribution in [2.75, 3.05) is 19.7 Å². The van der Waals surface area contributed by atoms with Crippen molar-refractivity contribution in [1.82, 2.24) is 10.2 Å².